The van der Waals surface area contributed by atoms with Crippen LogP contribution in [0.5, 0.6) is 0 Å². The average molecular weight is 331 g/mol. The van der Waals surface area contributed by atoms with E-state index in [0.29, 0.717) is 17.6 Å². The van der Waals surface area contributed by atoms with Gasteiger partial charge in [-0.3, -0.25) is 4.79 Å². The Morgan fingerprint density at radius 3 is 2.00 bits per heavy atom. The van der Waals surface area contributed by atoms with Gasteiger partial charge in [0.25, 0.3) is 5.91 Å². The number of carbonyl (C=O) groups excluding carboxylic acids is 1. The molecule has 5 heteroatoms. The first-order valence-corrected chi connectivity index (χ1v) is 8.02. The summed E-state index contributed by atoms with van der Waals surface area (Å²) in [6, 6.07) is 24.4. The summed E-state index contributed by atoms with van der Waals surface area (Å²) in [7, 11) is -1.53. The van der Waals surface area contributed by atoms with Crippen molar-refractivity contribution < 1.29 is 14.8 Å². The molecule has 0 saturated heterocycles. The van der Waals surface area contributed by atoms with Gasteiger partial charge in [0.1, 0.15) is 0 Å². The first-order valence-electron chi connectivity index (χ1n) is 8.02. The maximum absolute atomic E-state index is 12.2. The number of nitrogens with one attached hydrogen (secondary N) is 1. The summed E-state index contributed by atoms with van der Waals surface area (Å²) in [6.07, 6.45) is 0. The Labute approximate surface area is 146 Å². The van der Waals surface area contributed by atoms with Crippen LogP contribution in [0, 0.1) is 0 Å². The molecule has 0 aromatic heterocycles. The van der Waals surface area contributed by atoms with Crippen molar-refractivity contribution >= 4 is 18.5 Å². The Balaban J connectivity index is 1.60. The van der Waals surface area contributed by atoms with Crippen LogP contribution in [-0.2, 0) is 6.54 Å². The minimum atomic E-state index is -1.53. The van der Waals surface area contributed by atoms with E-state index >= 15 is 0 Å². The number of benzene rings is 3. The molecule has 0 fully saturated rings. The lowest BCUT2D eigenvalue weighted by Crippen LogP contribution is -2.30. The molecule has 3 N–H and O–H groups in total. The Hall–Kier alpha value is -2.89. The van der Waals surface area contributed by atoms with Crippen LogP contribution >= 0.6 is 0 Å². The highest BCUT2D eigenvalue weighted by molar-refractivity contribution is 6.58. The summed E-state index contributed by atoms with van der Waals surface area (Å²) in [5, 5.41) is 21.0. The number of rotatable bonds is 5. The third kappa shape index (κ3) is 4.35. The lowest BCUT2D eigenvalue weighted by Gasteiger charge is -2.08. The minimum absolute atomic E-state index is 0.203. The molecule has 0 aliphatic rings. The van der Waals surface area contributed by atoms with Crippen LogP contribution in [0.2, 0.25) is 0 Å². The van der Waals surface area contributed by atoms with Crippen LogP contribution in [0.1, 0.15) is 15.9 Å². The predicted octanol–water partition coefficient (Wildman–Crippen LogP) is 1.96. The minimum Gasteiger partial charge on any atom is -0.423 e. The molecule has 0 aliphatic heterocycles. The van der Waals surface area contributed by atoms with Gasteiger partial charge in [0.2, 0.25) is 0 Å². The summed E-state index contributed by atoms with van der Waals surface area (Å²) in [6.45, 7) is 0.429. The van der Waals surface area contributed by atoms with Crippen molar-refractivity contribution in [3.63, 3.8) is 0 Å². The molecule has 0 spiro atoms. The molecule has 0 saturated carbocycles. The third-order valence-electron chi connectivity index (χ3n) is 3.99. The zero-order valence-electron chi connectivity index (χ0n) is 13.6. The van der Waals surface area contributed by atoms with E-state index in [4.69, 9.17) is 10.0 Å². The van der Waals surface area contributed by atoms with Gasteiger partial charge >= 0.3 is 7.12 Å². The molecule has 3 rings (SSSR count). The Kier molecular flexibility index (Phi) is 5.28. The van der Waals surface area contributed by atoms with Gasteiger partial charge in [-0.15, -0.1) is 0 Å². The second-order valence-electron chi connectivity index (χ2n) is 5.74. The zero-order chi connectivity index (χ0) is 17.6. The van der Waals surface area contributed by atoms with E-state index in [1.54, 1.807) is 12.1 Å². The van der Waals surface area contributed by atoms with Crippen molar-refractivity contribution in [3.05, 3.63) is 90.0 Å². The summed E-state index contributed by atoms with van der Waals surface area (Å²) in [5.74, 6) is -0.203. The van der Waals surface area contributed by atoms with Crippen molar-refractivity contribution in [2.45, 2.75) is 6.54 Å². The van der Waals surface area contributed by atoms with Gasteiger partial charge in [0, 0.05) is 12.1 Å². The molecular formula is C20H18BNO3. The highest BCUT2D eigenvalue weighted by Crippen LogP contribution is 2.19. The molecule has 1 amide bonds. The Morgan fingerprint density at radius 1 is 0.800 bits per heavy atom. The molecule has 0 atom stereocenters. The van der Waals surface area contributed by atoms with E-state index in [0.717, 1.165) is 16.7 Å². The van der Waals surface area contributed by atoms with Gasteiger partial charge in [0.15, 0.2) is 0 Å². The van der Waals surface area contributed by atoms with Gasteiger partial charge in [-0.1, -0.05) is 66.7 Å². The largest absolute Gasteiger partial charge is 0.488 e. The number of hydrogen-bond donors (Lipinski definition) is 3. The van der Waals surface area contributed by atoms with Crippen molar-refractivity contribution in [1.82, 2.24) is 5.32 Å². The highest BCUT2D eigenvalue weighted by atomic mass is 16.4. The van der Waals surface area contributed by atoms with Crippen LogP contribution in [0.25, 0.3) is 11.1 Å². The second kappa shape index (κ2) is 7.79. The fourth-order valence-electron chi connectivity index (χ4n) is 2.54. The maximum Gasteiger partial charge on any atom is 0.488 e. The van der Waals surface area contributed by atoms with E-state index in [1.165, 1.54) is 12.1 Å². The second-order valence-corrected chi connectivity index (χ2v) is 5.74. The molecule has 0 radical (unpaired) electrons. The molecule has 124 valence electrons. The maximum atomic E-state index is 12.2. The van der Waals surface area contributed by atoms with Crippen molar-refractivity contribution in [1.29, 1.82) is 0 Å². The first-order chi connectivity index (χ1) is 12.1. The van der Waals surface area contributed by atoms with Crippen molar-refractivity contribution in [2.24, 2.45) is 0 Å². The lowest BCUT2D eigenvalue weighted by atomic mass is 9.80. The molecule has 0 aliphatic carbocycles. The number of hydrogen-bond acceptors (Lipinski definition) is 3. The summed E-state index contributed by atoms with van der Waals surface area (Å²) < 4.78 is 0. The molecule has 4 nitrogen and oxygen atoms in total. The first kappa shape index (κ1) is 17.0. The normalized spacial score (nSPS) is 10.3. The van der Waals surface area contributed by atoms with Crippen LogP contribution < -0.4 is 10.8 Å². The SMILES string of the molecule is O=C(NCc1ccc(-c2ccccc2)cc1)c1ccc(B(O)O)cc1. The monoisotopic (exact) mass is 331 g/mol. The molecule has 3 aromatic carbocycles. The van der Waals surface area contributed by atoms with E-state index in [-0.39, 0.29) is 5.91 Å². The number of amides is 1. The smallest absolute Gasteiger partial charge is 0.423 e. The van der Waals surface area contributed by atoms with Crippen molar-refractivity contribution in [3.8, 4) is 11.1 Å². The molecular weight excluding hydrogens is 313 g/mol. The Bertz CT molecular complexity index is 831. The third-order valence-corrected chi connectivity index (χ3v) is 3.99. The molecule has 0 unspecified atom stereocenters. The zero-order valence-corrected chi connectivity index (χ0v) is 13.6. The highest BCUT2D eigenvalue weighted by Gasteiger charge is 2.12. The fraction of sp³-hybridized carbons (Fsp3) is 0.0500. The topological polar surface area (TPSA) is 69.6 Å². The van der Waals surface area contributed by atoms with Crippen LogP contribution in [-0.4, -0.2) is 23.1 Å². The van der Waals surface area contributed by atoms with Gasteiger partial charge in [-0.2, -0.15) is 0 Å². The average Bonchev–Trinajstić information content (AvgIpc) is 2.67. The predicted molar refractivity (Wildman–Crippen MR) is 99.3 cm³/mol. The number of carbonyl (C=O) groups is 1. The quantitative estimate of drug-likeness (QED) is 0.626. The summed E-state index contributed by atoms with van der Waals surface area (Å²) in [5.41, 5.74) is 4.13. The van der Waals surface area contributed by atoms with E-state index in [1.807, 2.05) is 42.5 Å². The molecule has 0 heterocycles. The Morgan fingerprint density at radius 2 is 1.40 bits per heavy atom. The summed E-state index contributed by atoms with van der Waals surface area (Å²) >= 11 is 0. The summed E-state index contributed by atoms with van der Waals surface area (Å²) in [4.78, 5) is 12.2. The van der Waals surface area contributed by atoms with E-state index in [9.17, 15) is 4.79 Å². The lowest BCUT2D eigenvalue weighted by molar-refractivity contribution is 0.0951. The molecule has 25 heavy (non-hydrogen) atoms. The standard InChI is InChI=1S/C20H18BNO3/c23-20(18-10-12-19(13-11-18)21(24)25)22-14-15-6-8-17(9-7-15)16-4-2-1-3-5-16/h1-13,24-25H,14H2,(H,22,23). The fourth-order valence-corrected chi connectivity index (χ4v) is 2.54. The van der Waals surface area contributed by atoms with Gasteiger partial charge < -0.3 is 15.4 Å². The van der Waals surface area contributed by atoms with E-state index in [2.05, 4.69) is 17.4 Å². The van der Waals surface area contributed by atoms with Crippen LogP contribution in [0.3, 0.4) is 0 Å². The van der Waals surface area contributed by atoms with E-state index < -0.39 is 7.12 Å². The van der Waals surface area contributed by atoms with Crippen LogP contribution in [0.4, 0.5) is 0 Å². The molecule has 0 bridgehead atoms. The van der Waals surface area contributed by atoms with Gasteiger partial charge in [0.05, 0.1) is 0 Å². The van der Waals surface area contributed by atoms with Crippen LogP contribution in [0.15, 0.2) is 78.9 Å². The van der Waals surface area contributed by atoms with Crippen molar-refractivity contribution in [2.75, 3.05) is 0 Å². The van der Waals surface area contributed by atoms with Gasteiger partial charge in [-0.05, 0) is 34.3 Å². The molecule has 3 aromatic rings. The van der Waals surface area contributed by atoms with Gasteiger partial charge in [-0.25, -0.2) is 0 Å².